The molecule has 3 aromatic rings. The van der Waals surface area contributed by atoms with Gasteiger partial charge in [0.05, 0.1) is 18.8 Å². The van der Waals surface area contributed by atoms with Crippen LogP contribution in [0.25, 0.3) is 0 Å². The van der Waals surface area contributed by atoms with Crippen LogP contribution in [0, 0.1) is 5.82 Å². The highest BCUT2D eigenvalue weighted by molar-refractivity contribution is 6.31. The molecule has 1 heterocycles. The molecule has 1 N–H and O–H groups in total. The lowest BCUT2D eigenvalue weighted by Crippen LogP contribution is -2.27. The first-order valence-corrected chi connectivity index (χ1v) is 8.10. The zero-order valence-corrected chi connectivity index (χ0v) is 14.2. The number of nitrogens with zero attached hydrogens (tertiary/aromatic N) is 3. The number of aromatic nitrogens is 3. The molecule has 1 atom stereocenters. The van der Waals surface area contributed by atoms with Crippen LogP contribution in [0.1, 0.15) is 34.6 Å². The fourth-order valence-electron chi connectivity index (χ4n) is 2.43. The molecule has 2 aromatic carbocycles. The largest absolute Gasteiger partial charge is 0.344 e. The molecule has 1 amide bonds. The Labute approximate surface area is 149 Å². The first kappa shape index (κ1) is 17.1. The molecule has 0 aliphatic rings. The lowest BCUT2D eigenvalue weighted by molar-refractivity contribution is 0.0934. The Morgan fingerprint density at radius 3 is 2.68 bits per heavy atom. The summed E-state index contributed by atoms with van der Waals surface area (Å²) in [5.41, 5.74) is 1.90. The number of rotatable bonds is 5. The molecule has 3 rings (SSSR count). The van der Waals surface area contributed by atoms with Crippen LogP contribution >= 0.6 is 11.6 Å². The molecule has 0 radical (unpaired) electrons. The molecule has 1 unspecified atom stereocenters. The summed E-state index contributed by atoms with van der Waals surface area (Å²) in [6.45, 7) is 2.25. The summed E-state index contributed by atoms with van der Waals surface area (Å²) in [6, 6.07) is 13.2. The van der Waals surface area contributed by atoms with E-state index in [2.05, 4.69) is 15.6 Å². The summed E-state index contributed by atoms with van der Waals surface area (Å²) in [5, 5.41) is 11.3. The third-order valence-corrected chi connectivity index (χ3v) is 4.09. The van der Waals surface area contributed by atoms with Crippen molar-refractivity contribution in [3.05, 3.63) is 82.4 Å². The van der Waals surface area contributed by atoms with E-state index in [0.717, 1.165) is 11.1 Å². The molecule has 0 spiro atoms. The summed E-state index contributed by atoms with van der Waals surface area (Å²) in [7, 11) is 0. The van der Waals surface area contributed by atoms with Gasteiger partial charge in [0.2, 0.25) is 0 Å². The van der Waals surface area contributed by atoms with Crippen molar-refractivity contribution in [2.24, 2.45) is 0 Å². The standard InChI is InChI=1S/C18H16ClFN4O/c1-12(15-4-2-3-5-16(15)19)21-18(25)17-11-24(23-22-17)10-13-6-8-14(20)9-7-13/h2-9,11-12H,10H2,1H3,(H,21,25). The van der Waals surface area contributed by atoms with Gasteiger partial charge < -0.3 is 5.32 Å². The number of amides is 1. The lowest BCUT2D eigenvalue weighted by Gasteiger charge is -2.14. The molecule has 0 aliphatic carbocycles. The predicted molar refractivity (Wildman–Crippen MR) is 92.9 cm³/mol. The summed E-state index contributed by atoms with van der Waals surface area (Å²) < 4.78 is 14.5. The normalized spacial score (nSPS) is 12.0. The first-order valence-electron chi connectivity index (χ1n) is 7.73. The van der Waals surface area contributed by atoms with Gasteiger partial charge in [-0.2, -0.15) is 0 Å². The number of carbonyl (C=O) groups excluding carboxylic acids is 1. The van der Waals surface area contributed by atoms with E-state index in [1.165, 1.54) is 16.8 Å². The second kappa shape index (κ2) is 7.44. The number of carbonyl (C=O) groups is 1. The average Bonchev–Trinajstić information content (AvgIpc) is 3.06. The second-order valence-corrected chi connectivity index (χ2v) is 6.05. The van der Waals surface area contributed by atoms with Gasteiger partial charge in [-0.15, -0.1) is 5.10 Å². The van der Waals surface area contributed by atoms with Gasteiger partial charge in [-0.3, -0.25) is 4.79 Å². The van der Waals surface area contributed by atoms with Crippen molar-refractivity contribution in [2.75, 3.05) is 0 Å². The highest BCUT2D eigenvalue weighted by Crippen LogP contribution is 2.22. The fraction of sp³-hybridized carbons (Fsp3) is 0.167. The van der Waals surface area contributed by atoms with Gasteiger partial charge in [0.25, 0.3) is 5.91 Å². The smallest absolute Gasteiger partial charge is 0.273 e. The van der Waals surface area contributed by atoms with E-state index in [0.29, 0.717) is 11.6 Å². The summed E-state index contributed by atoms with van der Waals surface area (Å²) in [5.74, 6) is -0.631. The molecule has 7 heteroatoms. The second-order valence-electron chi connectivity index (χ2n) is 5.64. The van der Waals surface area contributed by atoms with E-state index in [9.17, 15) is 9.18 Å². The van der Waals surface area contributed by atoms with E-state index >= 15 is 0 Å². The SMILES string of the molecule is CC(NC(=O)c1cn(Cc2ccc(F)cc2)nn1)c1ccccc1Cl. The Bertz CT molecular complexity index is 879. The Balaban J connectivity index is 1.66. The van der Waals surface area contributed by atoms with Crippen LogP contribution in [0.15, 0.2) is 54.7 Å². The minimum absolute atomic E-state index is 0.209. The molecule has 0 saturated heterocycles. The van der Waals surface area contributed by atoms with E-state index in [1.54, 1.807) is 24.4 Å². The Morgan fingerprint density at radius 1 is 1.24 bits per heavy atom. The van der Waals surface area contributed by atoms with Crippen molar-refractivity contribution >= 4 is 17.5 Å². The first-order chi connectivity index (χ1) is 12.0. The van der Waals surface area contributed by atoms with E-state index in [-0.39, 0.29) is 23.5 Å². The lowest BCUT2D eigenvalue weighted by atomic mass is 10.1. The zero-order chi connectivity index (χ0) is 17.8. The van der Waals surface area contributed by atoms with Gasteiger partial charge in [-0.25, -0.2) is 9.07 Å². The monoisotopic (exact) mass is 358 g/mol. The van der Waals surface area contributed by atoms with E-state index < -0.39 is 0 Å². The Kier molecular flexibility index (Phi) is 5.09. The molecular weight excluding hydrogens is 343 g/mol. The molecule has 5 nitrogen and oxygen atoms in total. The van der Waals surface area contributed by atoms with Gasteiger partial charge >= 0.3 is 0 Å². The van der Waals surface area contributed by atoms with Crippen LogP contribution in [0.2, 0.25) is 5.02 Å². The molecule has 128 valence electrons. The van der Waals surface area contributed by atoms with Crippen molar-refractivity contribution in [3.63, 3.8) is 0 Å². The van der Waals surface area contributed by atoms with Crippen molar-refractivity contribution in [3.8, 4) is 0 Å². The average molecular weight is 359 g/mol. The van der Waals surface area contributed by atoms with Gasteiger partial charge in [0, 0.05) is 5.02 Å². The number of benzene rings is 2. The maximum Gasteiger partial charge on any atom is 0.273 e. The number of nitrogens with one attached hydrogen (secondary N) is 1. The Morgan fingerprint density at radius 2 is 1.96 bits per heavy atom. The van der Waals surface area contributed by atoms with Gasteiger partial charge in [-0.05, 0) is 36.2 Å². The Hall–Kier alpha value is -2.73. The topological polar surface area (TPSA) is 59.8 Å². The van der Waals surface area contributed by atoms with Crippen LogP contribution in [0.5, 0.6) is 0 Å². The fourth-order valence-corrected chi connectivity index (χ4v) is 2.73. The number of halogens is 2. The van der Waals surface area contributed by atoms with Gasteiger partial charge in [-0.1, -0.05) is 47.1 Å². The van der Waals surface area contributed by atoms with Crippen LogP contribution < -0.4 is 5.32 Å². The third-order valence-electron chi connectivity index (χ3n) is 3.75. The highest BCUT2D eigenvalue weighted by Gasteiger charge is 2.16. The molecule has 0 aliphatic heterocycles. The number of hydrogen-bond donors (Lipinski definition) is 1. The van der Waals surface area contributed by atoms with Crippen LogP contribution in [-0.4, -0.2) is 20.9 Å². The van der Waals surface area contributed by atoms with Crippen molar-refractivity contribution in [2.45, 2.75) is 19.5 Å². The molecule has 25 heavy (non-hydrogen) atoms. The number of hydrogen-bond acceptors (Lipinski definition) is 3. The maximum absolute atomic E-state index is 12.9. The zero-order valence-electron chi connectivity index (χ0n) is 13.5. The van der Waals surface area contributed by atoms with Crippen molar-refractivity contribution in [1.82, 2.24) is 20.3 Å². The van der Waals surface area contributed by atoms with Crippen molar-refractivity contribution < 1.29 is 9.18 Å². The molecule has 0 fully saturated rings. The summed E-state index contributed by atoms with van der Waals surface area (Å²) in [6.07, 6.45) is 1.55. The quantitative estimate of drug-likeness (QED) is 0.758. The van der Waals surface area contributed by atoms with Crippen LogP contribution in [-0.2, 0) is 6.54 Å². The minimum Gasteiger partial charge on any atom is -0.344 e. The van der Waals surface area contributed by atoms with Crippen molar-refractivity contribution in [1.29, 1.82) is 0 Å². The molecule has 0 bridgehead atoms. The third kappa shape index (κ3) is 4.22. The van der Waals surface area contributed by atoms with Gasteiger partial charge in [0.1, 0.15) is 5.82 Å². The van der Waals surface area contributed by atoms with Gasteiger partial charge in [0.15, 0.2) is 5.69 Å². The van der Waals surface area contributed by atoms with Crippen LogP contribution in [0.4, 0.5) is 4.39 Å². The molecule has 1 aromatic heterocycles. The molecule has 0 saturated carbocycles. The molecular formula is C18H16ClFN4O. The maximum atomic E-state index is 12.9. The van der Waals surface area contributed by atoms with Crippen LogP contribution in [0.3, 0.4) is 0 Å². The van der Waals surface area contributed by atoms with E-state index in [1.807, 2.05) is 25.1 Å². The predicted octanol–water partition coefficient (Wildman–Crippen LogP) is 3.61. The summed E-state index contributed by atoms with van der Waals surface area (Å²) >= 11 is 6.14. The summed E-state index contributed by atoms with van der Waals surface area (Å²) in [4.78, 5) is 12.3. The van der Waals surface area contributed by atoms with E-state index in [4.69, 9.17) is 11.6 Å². The highest BCUT2D eigenvalue weighted by atomic mass is 35.5. The minimum atomic E-state index is -0.335.